The Morgan fingerprint density at radius 1 is 1.17 bits per heavy atom. The van der Waals surface area contributed by atoms with Crippen LogP contribution < -0.4 is 5.73 Å². The van der Waals surface area contributed by atoms with Gasteiger partial charge in [-0.05, 0) is 6.07 Å². The summed E-state index contributed by atoms with van der Waals surface area (Å²) in [7, 11) is 0. The van der Waals surface area contributed by atoms with E-state index >= 15 is 0 Å². The Bertz CT molecular complexity index is 213. The molecule has 0 aliphatic rings. The highest BCUT2D eigenvalue weighted by Gasteiger charge is 2.01. The number of halogens is 2. The number of rotatable bonds is 0. The summed E-state index contributed by atoms with van der Waals surface area (Å²) in [5.41, 5.74) is 5.66. The number of aromatic hydroxyl groups is 1. The van der Waals surface area contributed by atoms with Crippen molar-refractivity contribution >= 4 is 28.9 Å². The third-order valence-electron chi connectivity index (χ3n) is 1.07. The molecule has 1 rings (SSSR count). The lowest BCUT2D eigenvalue weighted by Crippen LogP contribution is -1.85. The summed E-state index contributed by atoms with van der Waals surface area (Å²) < 4.78 is 0. The van der Waals surface area contributed by atoms with Gasteiger partial charge in [-0.1, -0.05) is 37.0 Å². The molecule has 0 aliphatic heterocycles. The average molecular weight is 208 g/mol. The SMILES string of the molecule is CC.Nc1cc(O)c(Cl)cc1Cl. The second-order valence-corrected chi connectivity index (χ2v) is 2.64. The van der Waals surface area contributed by atoms with Gasteiger partial charge in [0, 0.05) is 6.07 Å². The average Bonchev–Trinajstić information content (AvgIpc) is 2.05. The normalized spacial score (nSPS) is 8.67. The first-order valence-corrected chi connectivity index (χ1v) is 4.30. The van der Waals surface area contributed by atoms with Gasteiger partial charge in [0.2, 0.25) is 0 Å². The molecule has 1 aromatic rings. The molecule has 68 valence electrons. The second kappa shape index (κ2) is 5.12. The van der Waals surface area contributed by atoms with E-state index in [1.807, 2.05) is 13.8 Å². The van der Waals surface area contributed by atoms with Gasteiger partial charge in [0.15, 0.2) is 0 Å². The number of nitrogens with two attached hydrogens (primary N) is 1. The quantitative estimate of drug-likeness (QED) is 0.642. The molecule has 0 saturated carbocycles. The molecular weight excluding hydrogens is 197 g/mol. The van der Waals surface area contributed by atoms with Crippen LogP contribution in [0.15, 0.2) is 12.1 Å². The predicted octanol–water partition coefficient (Wildman–Crippen LogP) is 3.31. The van der Waals surface area contributed by atoms with Gasteiger partial charge < -0.3 is 10.8 Å². The molecule has 0 unspecified atom stereocenters. The van der Waals surface area contributed by atoms with Crippen LogP contribution in [0.3, 0.4) is 0 Å². The molecule has 0 bridgehead atoms. The first-order chi connectivity index (χ1) is 5.61. The zero-order valence-electron chi connectivity index (χ0n) is 6.94. The van der Waals surface area contributed by atoms with Crippen LogP contribution in [0.5, 0.6) is 5.75 Å². The third-order valence-corrected chi connectivity index (χ3v) is 1.70. The number of hydrogen-bond acceptors (Lipinski definition) is 2. The highest BCUT2D eigenvalue weighted by molar-refractivity contribution is 6.37. The van der Waals surface area contributed by atoms with E-state index < -0.39 is 0 Å². The molecule has 0 saturated heterocycles. The highest BCUT2D eigenvalue weighted by Crippen LogP contribution is 2.30. The van der Waals surface area contributed by atoms with Crippen molar-refractivity contribution in [1.82, 2.24) is 0 Å². The minimum absolute atomic E-state index is 0.0523. The van der Waals surface area contributed by atoms with Crippen LogP contribution in [0.2, 0.25) is 10.0 Å². The van der Waals surface area contributed by atoms with Crippen molar-refractivity contribution in [2.24, 2.45) is 0 Å². The Kier molecular flexibility index (Phi) is 4.86. The molecule has 12 heavy (non-hydrogen) atoms. The van der Waals surface area contributed by atoms with Gasteiger partial charge in [0.1, 0.15) is 5.75 Å². The minimum atomic E-state index is -0.0523. The van der Waals surface area contributed by atoms with Crippen LogP contribution in [-0.4, -0.2) is 5.11 Å². The maximum atomic E-state index is 8.95. The van der Waals surface area contributed by atoms with E-state index in [1.54, 1.807) is 0 Å². The smallest absolute Gasteiger partial charge is 0.136 e. The summed E-state index contributed by atoms with van der Waals surface area (Å²) >= 11 is 11.1. The minimum Gasteiger partial charge on any atom is -0.506 e. The van der Waals surface area contributed by atoms with Crippen molar-refractivity contribution in [3.63, 3.8) is 0 Å². The summed E-state index contributed by atoms with van der Waals surface area (Å²) in [5, 5.41) is 9.51. The molecule has 0 heterocycles. The summed E-state index contributed by atoms with van der Waals surface area (Å²) in [6, 6.07) is 2.71. The highest BCUT2D eigenvalue weighted by atomic mass is 35.5. The number of nitrogen functional groups attached to an aromatic ring is 1. The maximum Gasteiger partial charge on any atom is 0.136 e. The van der Waals surface area contributed by atoms with E-state index in [-0.39, 0.29) is 10.8 Å². The van der Waals surface area contributed by atoms with Crippen molar-refractivity contribution in [3.8, 4) is 5.75 Å². The lowest BCUT2D eigenvalue weighted by molar-refractivity contribution is 0.476. The van der Waals surface area contributed by atoms with E-state index in [2.05, 4.69) is 0 Å². The van der Waals surface area contributed by atoms with Crippen LogP contribution in [0, 0.1) is 0 Å². The Morgan fingerprint density at radius 2 is 1.67 bits per heavy atom. The van der Waals surface area contributed by atoms with E-state index in [9.17, 15) is 0 Å². The van der Waals surface area contributed by atoms with Crippen LogP contribution in [0.25, 0.3) is 0 Å². The van der Waals surface area contributed by atoms with Crippen LogP contribution >= 0.6 is 23.2 Å². The maximum absolute atomic E-state index is 8.95. The molecule has 0 aromatic heterocycles. The topological polar surface area (TPSA) is 46.2 Å². The van der Waals surface area contributed by atoms with Crippen molar-refractivity contribution in [2.45, 2.75) is 13.8 Å². The molecule has 0 fully saturated rings. The molecule has 0 spiro atoms. The van der Waals surface area contributed by atoms with Crippen molar-refractivity contribution in [3.05, 3.63) is 22.2 Å². The fourth-order valence-corrected chi connectivity index (χ4v) is 0.937. The zero-order chi connectivity index (χ0) is 9.72. The molecule has 1 aromatic carbocycles. The monoisotopic (exact) mass is 207 g/mol. The van der Waals surface area contributed by atoms with E-state index in [4.69, 9.17) is 34.0 Å². The van der Waals surface area contributed by atoms with Gasteiger partial charge in [0.05, 0.1) is 15.7 Å². The Balaban J connectivity index is 0.000000561. The van der Waals surface area contributed by atoms with E-state index in [0.717, 1.165) is 0 Å². The van der Waals surface area contributed by atoms with Crippen molar-refractivity contribution in [1.29, 1.82) is 0 Å². The third kappa shape index (κ3) is 2.80. The molecule has 3 N–H and O–H groups in total. The summed E-state index contributed by atoms with van der Waals surface area (Å²) in [4.78, 5) is 0. The first kappa shape index (κ1) is 11.4. The van der Waals surface area contributed by atoms with Crippen LogP contribution in [-0.2, 0) is 0 Å². The lowest BCUT2D eigenvalue weighted by atomic mass is 10.3. The van der Waals surface area contributed by atoms with Gasteiger partial charge in [-0.3, -0.25) is 0 Å². The number of phenolic OH excluding ortho intramolecular Hbond substituents is 1. The van der Waals surface area contributed by atoms with Crippen molar-refractivity contribution < 1.29 is 5.11 Å². The van der Waals surface area contributed by atoms with Crippen LogP contribution in [0.1, 0.15) is 13.8 Å². The number of anilines is 1. The van der Waals surface area contributed by atoms with Gasteiger partial charge in [-0.2, -0.15) is 0 Å². The Hall–Kier alpha value is -0.600. The zero-order valence-corrected chi connectivity index (χ0v) is 8.45. The largest absolute Gasteiger partial charge is 0.506 e. The number of benzene rings is 1. The molecular formula is C8H11Cl2NO. The molecule has 0 radical (unpaired) electrons. The van der Waals surface area contributed by atoms with Gasteiger partial charge >= 0.3 is 0 Å². The predicted molar refractivity (Wildman–Crippen MR) is 53.9 cm³/mol. The van der Waals surface area contributed by atoms with Gasteiger partial charge in [-0.25, -0.2) is 0 Å². The van der Waals surface area contributed by atoms with Gasteiger partial charge in [0.25, 0.3) is 0 Å². The molecule has 0 aliphatic carbocycles. The van der Waals surface area contributed by atoms with Crippen LogP contribution in [0.4, 0.5) is 5.69 Å². The number of hydrogen-bond donors (Lipinski definition) is 2. The fraction of sp³-hybridized carbons (Fsp3) is 0.250. The summed E-state index contributed by atoms with van der Waals surface area (Å²) in [6.07, 6.45) is 0. The summed E-state index contributed by atoms with van der Waals surface area (Å²) in [5.74, 6) is -0.0523. The lowest BCUT2D eigenvalue weighted by Gasteiger charge is -1.99. The van der Waals surface area contributed by atoms with Crippen molar-refractivity contribution in [2.75, 3.05) is 5.73 Å². The summed E-state index contributed by atoms with van der Waals surface area (Å²) in [6.45, 7) is 4.00. The number of phenols is 1. The first-order valence-electron chi connectivity index (χ1n) is 3.54. The molecule has 0 atom stereocenters. The Morgan fingerprint density at radius 3 is 2.08 bits per heavy atom. The molecule has 0 amide bonds. The molecule has 2 nitrogen and oxygen atoms in total. The second-order valence-electron chi connectivity index (χ2n) is 1.83. The van der Waals surface area contributed by atoms with E-state index in [0.29, 0.717) is 10.7 Å². The Labute approximate surface area is 81.9 Å². The van der Waals surface area contributed by atoms with E-state index in [1.165, 1.54) is 12.1 Å². The fourth-order valence-electron chi connectivity index (χ4n) is 0.554. The molecule has 4 heteroatoms. The standard InChI is InChI=1S/C6H5Cl2NO.C2H6/c7-3-1-4(8)6(10)2-5(3)9;1-2/h1-2,10H,9H2;1-2H3. The van der Waals surface area contributed by atoms with Gasteiger partial charge in [-0.15, -0.1) is 0 Å².